The van der Waals surface area contributed by atoms with Gasteiger partial charge in [0.25, 0.3) is 0 Å². The predicted molar refractivity (Wildman–Crippen MR) is 111 cm³/mol. The van der Waals surface area contributed by atoms with Gasteiger partial charge in [0, 0.05) is 43.9 Å². The van der Waals surface area contributed by atoms with Crippen LogP contribution in [0.1, 0.15) is 10.4 Å². The van der Waals surface area contributed by atoms with E-state index in [1.54, 1.807) is 35.7 Å². The maximum absolute atomic E-state index is 12.0. The third-order valence-corrected chi connectivity index (χ3v) is 5.55. The Balaban J connectivity index is 1.91. The van der Waals surface area contributed by atoms with Gasteiger partial charge >= 0.3 is 5.97 Å². The highest BCUT2D eigenvalue weighted by atomic mass is 32.2. The number of rotatable bonds is 5. The van der Waals surface area contributed by atoms with E-state index in [9.17, 15) is 4.79 Å². The molecule has 26 heavy (non-hydrogen) atoms. The van der Waals surface area contributed by atoms with Crippen molar-refractivity contribution in [3.63, 3.8) is 0 Å². The van der Waals surface area contributed by atoms with E-state index in [-0.39, 0.29) is 0 Å². The van der Waals surface area contributed by atoms with Gasteiger partial charge in [-0.2, -0.15) is 0 Å². The lowest BCUT2D eigenvalue weighted by Crippen LogP contribution is -1.98. The van der Waals surface area contributed by atoms with E-state index >= 15 is 0 Å². The molecule has 0 aromatic heterocycles. The second-order valence-electron chi connectivity index (χ2n) is 5.41. The molecule has 4 N–H and O–H groups in total. The van der Waals surface area contributed by atoms with Gasteiger partial charge in [0.1, 0.15) is 0 Å². The monoisotopic (exact) mass is 400 g/mol. The SMILES string of the molecule is Nc1ccc(Sc2cc(Sc3ccc(N)cc3)cc(C(=O)OS)c2)cc1. The van der Waals surface area contributed by atoms with Gasteiger partial charge in [0.05, 0.1) is 5.56 Å². The van der Waals surface area contributed by atoms with E-state index in [0.29, 0.717) is 16.9 Å². The Hall–Kier alpha value is -2.22. The first kappa shape index (κ1) is 18.6. The average molecular weight is 401 g/mol. The number of carbonyl (C=O) groups is 1. The minimum Gasteiger partial charge on any atom is -0.399 e. The summed E-state index contributed by atoms with van der Waals surface area (Å²) in [5, 5.41) is 0. The first-order chi connectivity index (χ1) is 12.5. The molecule has 3 rings (SSSR count). The molecule has 0 radical (unpaired) electrons. The van der Waals surface area contributed by atoms with Crippen molar-refractivity contribution in [3.8, 4) is 0 Å². The summed E-state index contributed by atoms with van der Waals surface area (Å²) in [6, 6.07) is 20.7. The van der Waals surface area contributed by atoms with Crippen LogP contribution in [-0.2, 0) is 4.18 Å². The quantitative estimate of drug-likeness (QED) is 0.312. The van der Waals surface area contributed by atoms with E-state index in [0.717, 1.165) is 19.6 Å². The number of carbonyl (C=O) groups excluding carboxylic acids is 1. The number of hydrogen-bond acceptors (Lipinski definition) is 7. The molecule has 0 amide bonds. The largest absolute Gasteiger partial charge is 0.399 e. The van der Waals surface area contributed by atoms with Crippen molar-refractivity contribution in [3.05, 3.63) is 72.3 Å². The van der Waals surface area contributed by atoms with Crippen LogP contribution in [0.2, 0.25) is 0 Å². The highest BCUT2D eigenvalue weighted by Crippen LogP contribution is 2.35. The molecule has 7 heteroatoms. The third kappa shape index (κ3) is 4.91. The maximum Gasteiger partial charge on any atom is 0.350 e. The Kier molecular flexibility index (Phi) is 6.03. The number of nitrogen functional groups attached to an aromatic ring is 2. The number of hydrogen-bond donors (Lipinski definition) is 3. The van der Waals surface area contributed by atoms with Crippen LogP contribution in [0.4, 0.5) is 11.4 Å². The Morgan fingerprint density at radius 1 is 0.731 bits per heavy atom. The number of thiol groups is 1. The summed E-state index contributed by atoms with van der Waals surface area (Å²) >= 11 is 6.71. The average Bonchev–Trinajstić information content (AvgIpc) is 2.64. The van der Waals surface area contributed by atoms with Crippen molar-refractivity contribution in [1.29, 1.82) is 0 Å². The van der Waals surface area contributed by atoms with E-state index < -0.39 is 5.97 Å². The van der Waals surface area contributed by atoms with Crippen molar-refractivity contribution in [1.82, 2.24) is 0 Å². The van der Waals surface area contributed by atoms with E-state index in [1.165, 1.54) is 0 Å². The molecular formula is C19H16N2O2S3. The minimum absolute atomic E-state index is 0.443. The fraction of sp³-hybridized carbons (Fsp3) is 0. The molecule has 0 saturated heterocycles. The summed E-state index contributed by atoms with van der Waals surface area (Å²) in [5.41, 5.74) is 13.3. The molecule has 0 aliphatic carbocycles. The summed E-state index contributed by atoms with van der Waals surface area (Å²) in [6.07, 6.45) is 0. The minimum atomic E-state index is -0.493. The molecule has 0 saturated carbocycles. The lowest BCUT2D eigenvalue weighted by atomic mass is 10.2. The molecule has 0 aliphatic rings. The highest BCUT2D eigenvalue weighted by molar-refractivity contribution is 8.00. The van der Waals surface area contributed by atoms with Gasteiger partial charge < -0.3 is 15.7 Å². The van der Waals surface area contributed by atoms with Crippen LogP contribution in [0, 0.1) is 0 Å². The predicted octanol–water partition coefficient (Wildman–Crippen LogP) is 5.16. The van der Waals surface area contributed by atoms with Gasteiger partial charge in [-0.15, -0.1) is 0 Å². The maximum atomic E-state index is 12.0. The third-order valence-electron chi connectivity index (χ3n) is 3.43. The topological polar surface area (TPSA) is 78.3 Å². The number of anilines is 2. The standard InChI is InChI=1S/C19H16N2O2S3/c20-13-1-5-15(6-2-13)25-17-9-12(19(22)23-24)10-18(11-17)26-16-7-3-14(21)4-8-16/h1-11,24H,20-21H2. The van der Waals surface area contributed by atoms with Crippen molar-refractivity contribution in [2.75, 3.05) is 11.5 Å². The molecule has 3 aromatic carbocycles. The van der Waals surface area contributed by atoms with Crippen LogP contribution in [-0.4, -0.2) is 5.97 Å². The Morgan fingerprint density at radius 3 is 1.54 bits per heavy atom. The van der Waals surface area contributed by atoms with Crippen LogP contribution < -0.4 is 11.5 Å². The molecule has 0 fully saturated rings. The zero-order chi connectivity index (χ0) is 18.5. The van der Waals surface area contributed by atoms with Crippen molar-refractivity contribution >= 4 is 53.8 Å². The van der Waals surface area contributed by atoms with Crippen molar-refractivity contribution < 1.29 is 8.98 Å². The van der Waals surface area contributed by atoms with Crippen LogP contribution in [0.25, 0.3) is 0 Å². The molecule has 4 nitrogen and oxygen atoms in total. The van der Waals surface area contributed by atoms with Gasteiger partial charge in [0.2, 0.25) is 0 Å². The zero-order valence-electron chi connectivity index (χ0n) is 13.6. The molecule has 132 valence electrons. The van der Waals surface area contributed by atoms with Gasteiger partial charge in [-0.1, -0.05) is 23.5 Å². The van der Waals surface area contributed by atoms with E-state index in [4.69, 9.17) is 11.5 Å². The second-order valence-corrected chi connectivity index (χ2v) is 7.89. The van der Waals surface area contributed by atoms with Crippen molar-refractivity contribution in [2.24, 2.45) is 0 Å². The molecule has 3 aromatic rings. The molecule has 0 spiro atoms. The second kappa shape index (κ2) is 8.44. The number of benzene rings is 3. The molecular weight excluding hydrogens is 384 g/mol. The van der Waals surface area contributed by atoms with E-state index in [2.05, 4.69) is 17.1 Å². The lowest BCUT2D eigenvalue weighted by molar-refractivity contribution is 0.0771. The first-order valence-electron chi connectivity index (χ1n) is 7.61. The normalized spacial score (nSPS) is 10.5. The van der Waals surface area contributed by atoms with Gasteiger partial charge in [-0.05, 0) is 66.7 Å². The first-order valence-corrected chi connectivity index (χ1v) is 9.61. The summed E-state index contributed by atoms with van der Waals surface area (Å²) in [4.78, 5) is 15.9. The summed E-state index contributed by atoms with van der Waals surface area (Å²) in [5.74, 6) is -0.493. The van der Waals surface area contributed by atoms with Crippen LogP contribution in [0.3, 0.4) is 0 Å². The lowest BCUT2D eigenvalue weighted by Gasteiger charge is -2.09. The molecule has 0 bridgehead atoms. The molecule has 0 atom stereocenters. The van der Waals surface area contributed by atoms with Crippen LogP contribution >= 0.6 is 36.4 Å². The Labute approximate surface area is 165 Å². The zero-order valence-corrected chi connectivity index (χ0v) is 16.1. The molecule has 0 unspecified atom stereocenters. The molecule has 0 aliphatic heterocycles. The van der Waals surface area contributed by atoms with Gasteiger partial charge in [-0.25, -0.2) is 4.79 Å². The molecule has 0 heterocycles. The number of nitrogens with two attached hydrogens (primary N) is 2. The van der Waals surface area contributed by atoms with Gasteiger partial charge in [-0.3, -0.25) is 0 Å². The van der Waals surface area contributed by atoms with E-state index in [1.807, 2.05) is 54.6 Å². The van der Waals surface area contributed by atoms with Crippen LogP contribution in [0.15, 0.2) is 86.3 Å². The fourth-order valence-corrected chi connectivity index (χ4v) is 4.22. The summed E-state index contributed by atoms with van der Waals surface area (Å²) in [7, 11) is 0. The smallest absolute Gasteiger partial charge is 0.350 e. The van der Waals surface area contributed by atoms with Gasteiger partial charge in [0.15, 0.2) is 0 Å². The van der Waals surface area contributed by atoms with Crippen LogP contribution in [0.5, 0.6) is 0 Å². The Morgan fingerprint density at radius 2 is 1.15 bits per heavy atom. The fourth-order valence-electron chi connectivity index (χ4n) is 2.20. The Bertz CT molecular complexity index is 847. The summed E-state index contributed by atoms with van der Waals surface area (Å²) < 4.78 is 4.58. The van der Waals surface area contributed by atoms with Crippen molar-refractivity contribution in [2.45, 2.75) is 19.6 Å². The summed E-state index contributed by atoms with van der Waals surface area (Å²) in [6.45, 7) is 0. The highest BCUT2D eigenvalue weighted by Gasteiger charge is 2.11.